The van der Waals surface area contributed by atoms with Gasteiger partial charge in [0, 0.05) is 17.8 Å². The van der Waals surface area contributed by atoms with Crippen LogP contribution in [0.1, 0.15) is 44.2 Å². The maximum atomic E-state index is 12.6. The van der Waals surface area contributed by atoms with Gasteiger partial charge in [0.15, 0.2) is 4.34 Å². The van der Waals surface area contributed by atoms with E-state index in [0.29, 0.717) is 17.8 Å². The molecule has 0 spiro atoms. The molecule has 0 saturated carbocycles. The molecule has 2 atom stereocenters. The molecule has 7 heteroatoms. The van der Waals surface area contributed by atoms with Crippen LogP contribution in [-0.4, -0.2) is 38.8 Å². The highest BCUT2D eigenvalue weighted by molar-refractivity contribution is 8.01. The monoisotopic (exact) mass is 390 g/mol. The fourth-order valence-electron chi connectivity index (χ4n) is 3.43. The summed E-state index contributed by atoms with van der Waals surface area (Å²) in [6.45, 7) is 8.48. The summed E-state index contributed by atoms with van der Waals surface area (Å²) in [4.78, 5) is 14.7. The van der Waals surface area contributed by atoms with E-state index in [2.05, 4.69) is 49.3 Å². The van der Waals surface area contributed by atoms with Crippen LogP contribution >= 0.6 is 23.1 Å². The van der Waals surface area contributed by atoms with Gasteiger partial charge in [0.05, 0.1) is 5.75 Å². The lowest BCUT2D eigenvalue weighted by Gasteiger charge is -2.39. The van der Waals surface area contributed by atoms with E-state index in [9.17, 15) is 4.79 Å². The summed E-state index contributed by atoms with van der Waals surface area (Å²) in [5.74, 6) is 0.626. The van der Waals surface area contributed by atoms with Crippen molar-refractivity contribution in [3.05, 3.63) is 29.3 Å². The Morgan fingerprint density at radius 1 is 1.27 bits per heavy atom. The molecule has 140 valence electrons. The summed E-state index contributed by atoms with van der Waals surface area (Å²) >= 11 is 2.97. The first kappa shape index (κ1) is 19.2. The Morgan fingerprint density at radius 3 is 2.73 bits per heavy atom. The van der Waals surface area contributed by atoms with E-state index in [4.69, 9.17) is 0 Å². The van der Waals surface area contributed by atoms with Crippen LogP contribution in [0.15, 0.2) is 22.5 Å². The number of carbonyl (C=O) groups is 1. The number of likely N-dealkylation sites (tertiary alicyclic amines) is 1. The van der Waals surface area contributed by atoms with Crippen molar-refractivity contribution in [2.75, 3.05) is 11.1 Å². The number of aryl methyl sites for hydroxylation is 1. The van der Waals surface area contributed by atoms with Crippen molar-refractivity contribution in [3.63, 3.8) is 0 Å². The summed E-state index contributed by atoms with van der Waals surface area (Å²) in [6, 6.07) is 6.83. The van der Waals surface area contributed by atoms with Gasteiger partial charge in [-0.05, 0) is 64.2 Å². The van der Waals surface area contributed by atoms with Crippen molar-refractivity contribution >= 4 is 39.8 Å². The lowest BCUT2D eigenvalue weighted by Crippen LogP contribution is -2.48. The SMILES string of the molecule is Cc1cccc(Nc2nnc(SCC(=O)N3C(C)CCCC3C)s2)c1C. The van der Waals surface area contributed by atoms with Crippen LogP contribution in [0.4, 0.5) is 10.8 Å². The molecule has 0 aliphatic carbocycles. The Morgan fingerprint density at radius 2 is 2.00 bits per heavy atom. The lowest BCUT2D eigenvalue weighted by atomic mass is 9.98. The zero-order valence-electron chi connectivity index (χ0n) is 15.8. The van der Waals surface area contributed by atoms with Gasteiger partial charge in [-0.15, -0.1) is 10.2 Å². The molecule has 2 heterocycles. The number of amides is 1. The number of thioether (sulfide) groups is 1. The molecular formula is C19H26N4OS2. The van der Waals surface area contributed by atoms with Gasteiger partial charge >= 0.3 is 0 Å². The number of rotatable bonds is 5. The van der Waals surface area contributed by atoms with Crippen LogP contribution in [0.3, 0.4) is 0 Å². The van der Waals surface area contributed by atoms with Crippen LogP contribution in [0.2, 0.25) is 0 Å². The maximum absolute atomic E-state index is 12.6. The van der Waals surface area contributed by atoms with Crippen LogP contribution in [0.25, 0.3) is 0 Å². The molecule has 1 N–H and O–H groups in total. The summed E-state index contributed by atoms with van der Waals surface area (Å²) < 4.78 is 0.823. The molecule has 3 rings (SSSR count). The summed E-state index contributed by atoms with van der Waals surface area (Å²) in [7, 11) is 0. The Labute approximate surface area is 163 Å². The minimum absolute atomic E-state index is 0.203. The number of carbonyl (C=O) groups excluding carboxylic acids is 1. The van der Waals surface area contributed by atoms with Crippen molar-refractivity contribution in [2.45, 2.75) is 63.4 Å². The van der Waals surface area contributed by atoms with E-state index >= 15 is 0 Å². The number of benzene rings is 1. The average molecular weight is 391 g/mol. The third-order valence-electron chi connectivity index (χ3n) is 5.05. The molecule has 1 aliphatic heterocycles. The fraction of sp³-hybridized carbons (Fsp3) is 0.526. The minimum atomic E-state index is 0.203. The van der Waals surface area contributed by atoms with Gasteiger partial charge in [-0.25, -0.2) is 0 Å². The molecule has 1 aromatic heterocycles. The number of anilines is 2. The number of nitrogens with zero attached hydrogens (tertiary/aromatic N) is 3. The number of piperidine rings is 1. The van der Waals surface area contributed by atoms with Crippen molar-refractivity contribution in [2.24, 2.45) is 0 Å². The molecule has 0 radical (unpaired) electrons. The number of nitrogens with one attached hydrogen (secondary N) is 1. The molecule has 1 aromatic carbocycles. The third-order valence-corrected chi connectivity index (χ3v) is 7.01. The van der Waals surface area contributed by atoms with E-state index in [0.717, 1.165) is 28.0 Å². The van der Waals surface area contributed by atoms with Gasteiger partial charge in [-0.3, -0.25) is 4.79 Å². The van der Waals surface area contributed by atoms with Crippen molar-refractivity contribution in [1.29, 1.82) is 0 Å². The normalized spacial score (nSPS) is 20.2. The quantitative estimate of drug-likeness (QED) is 0.745. The minimum Gasteiger partial charge on any atom is -0.337 e. The first-order valence-corrected chi connectivity index (χ1v) is 10.9. The van der Waals surface area contributed by atoms with Crippen molar-refractivity contribution in [3.8, 4) is 0 Å². The molecule has 1 fully saturated rings. The van der Waals surface area contributed by atoms with E-state index in [1.54, 1.807) is 0 Å². The Hall–Kier alpha value is -1.60. The van der Waals surface area contributed by atoms with Gasteiger partial charge < -0.3 is 10.2 Å². The number of hydrogen-bond donors (Lipinski definition) is 1. The van der Waals surface area contributed by atoms with Crippen LogP contribution < -0.4 is 5.32 Å². The zero-order chi connectivity index (χ0) is 18.7. The van der Waals surface area contributed by atoms with E-state index in [1.165, 1.54) is 40.6 Å². The van der Waals surface area contributed by atoms with Gasteiger partial charge in [0.1, 0.15) is 0 Å². The van der Waals surface area contributed by atoms with E-state index in [-0.39, 0.29) is 5.91 Å². The van der Waals surface area contributed by atoms with Gasteiger partial charge in [0.2, 0.25) is 11.0 Å². The first-order chi connectivity index (χ1) is 12.5. The van der Waals surface area contributed by atoms with E-state index in [1.807, 2.05) is 17.0 Å². The topological polar surface area (TPSA) is 58.1 Å². The number of aromatic nitrogens is 2. The zero-order valence-corrected chi connectivity index (χ0v) is 17.4. The molecular weight excluding hydrogens is 364 g/mol. The molecule has 1 aliphatic rings. The van der Waals surface area contributed by atoms with Gasteiger partial charge in [0.25, 0.3) is 0 Å². The largest absolute Gasteiger partial charge is 0.337 e. The van der Waals surface area contributed by atoms with Crippen molar-refractivity contribution in [1.82, 2.24) is 15.1 Å². The predicted molar refractivity (Wildman–Crippen MR) is 109 cm³/mol. The lowest BCUT2D eigenvalue weighted by molar-refractivity contribution is -0.134. The van der Waals surface area contributed by atoms with E-state index < -0.39 is 0 Å². The molecule has 2 unspecified atom stereocenters. The van der Waals surface area contributed by atoms with Crippen molar-refractivity contribution < 1.29 is 4.79 Å². The first-order valence-electron chi connectivity index (χ1n) is 9.06. The molecule has 26 heavy (non-hydrogen) atoms. The fourth-order valence-corrected chi connectivity index (χ4v) is 5.06. The Balaban J connectivity index is 1.58. The van der Waals surface area contributed by atoms with Crippen LogP contribution in [0, 0.1) is 13.8 Å². The Bertz CT molecular complexity index is 767. The second-order valence-corrected chi connectivity index (χ2v) is 9.16. The number of hydrogen-bond acceptors (Lipinski definition) is 6. The van der Waals surface area contributed by atoms with Crippen LogP contribution in [-0.2, 0) is 4.79 Å². The summed E-state index contributed by atoms with van der Waals surface area (Å²) in [5.41, 5.74) is 3.49. The standard InChI is InChI=1S/C19H26N4OS2/c1-12-7-5-10-16(15(12)4)20-18-21-22-19(26-18)25-11-17(24)23-13(2)8-6-9-14(23)3/h5,7,10,13-14H,6,8-9,11H2,1-4H3,(H,20,21). The Kier molecular flexibility index (Phi) is 6.19. The molecule has 0 bridgehead atoms. The molecule has 5 nitrogen and oxygen atoms in total. The summed E-state index contributed by atoms with van der Waals surface area (Å²) in [6.07, 6.45) is 3.41. The third kappa shape index (κ3) is 4.38. The van der Waals surface area contributed by atoms with Gasteiger partial charge in [-0.2, -0.15) is 0 Å². The average Bonchev–Trinajstić information content (AvgIpc) is 3.04. The summed E-state index contributed by atoms with van der Waals surface area (Å²) in [5, 5.41) is 12.5. The van der Waals surface area contributed by atoms with Crippen LogP contribution in [0.5, 0.6) is 0 Å². The molecule has 1 amide bonds. The second kappa shape index (κ2) is 8.39. The highest BCUT2D eigenvalue weighted by Gasteiger charge is 2.28. The maximum Gasteiger partial charge on any atom is 0.233 e. The molecule has 2 aromatic rings. The highest BCUT2D eigenvalue weighted by Crippen LogP contribution is 2.30. The molecule has 1 saturated heterocycles. The highest BCUT2D eigenvalue weighted by atomic mass is 32.2. The second-order valence-electron chi connectivity index (χ2n) is 6.96. The predicted octanol–water partition coefficient (Wildman–Crippen LogP) is 4.78. The smallest absolute Gasteiger partial charge is 0.233 e. The van der Waals surface area contributed by atoms with Gasteiger partial charge in [-0.1, -0.05) is 35.2 Å².